The molecule has 1 aliphatic heterocycles. The molecule has 6 aromatic carbocycles. The van der Waals surface area contributed by atoms with Crippen LogP contribution in [0.25, 0.3) is 33.4 Å². The topological polar surface area (TPSA) is 18.5 Å². The molecule has 0 fully saturated rings. The highest BCUT2D eigenvalue weighted by molar-refractivity contribution is 7.04. The van der Waals surface area contributed by atoms with E-state index in [0.717, 1.165) is 0 Å². The molecule has 0 amide bonds. The molecule has 0 aliphatic carbocycles. The van der Waals surface area contributed by atoms with Crippen LogP contribution in [0.5, 0.6) is 0 Å². The molecule has 1 heterocycles. The minimum atomic E-state index is -2.11. The minimum Gasteiger partial charge on any atom is -0.372 e. The Morgan fingerprint density at radius 2 is 0.844 bits per heavy atom. The van der Waals surface area contributed by atoms with Crippen molar-refractivity contribution in [1.29, 1.82) is 0 Å². The van der Waals surface area contributed by atoms with Gasteiger partial charge in [0.2, 0.25) is 0 Å². The Morgan fingerprint density at radius 3 is 1.38 bits per heavy atom. The van der Waals surface area contributed by atoms with Gasteiger partial charge in [0.25, 0.3) is 0 Å². The van der Waals surface area contributed by atoms with E-state index in [1.165, 1.54) is 66.0 Å². The van der Waals surface area contributed by atoms with Crippen molar-refractivity contribution in [3.63, 3.8) is 0 Å². The van der Waals surface area contributed by atoms with E-state index in [1.54, 1.807) is 0 Å². The number of benzene rings is 6. The first-order valence-electron chi connectivity index (χ1n) is 15.8. The van der Waals surface area contributed by atoms with Crippen molar-refractivity contribution in [2.24, 2.45) is 0 Å². The van der Waals surface area contributed by atoms with Gasteiger partial charge < -0.3 is 9.47 Å². The van der Waals surface area contributed by atoms with Crippen LogP contribution in [-0.2, 0) is 35.9 Å². The van der Waals surface area contributed by atoms with Crippen molar-refractivity contribution in [2.45, 2.75) is 39.5 Å². The summed E-state index contributed by atoms with van der Waals surface area (Å²) >= 11 is 0. The van der Waals surface area contributed by atoms with Gasteiger partial charge in [-0.15, -0.1) is 0 Å². The second-order valence-electron chi connectivity index (χ2n) is 12.3. The first-order chi connectivity index (χ1) is 22.1. The van der Waals surface area contributed by atoms with E-state index in [4.69, 9.17) is 9.47 Å². The zero-order valence-electron chi connectivity index (χ0n) is 26.0. The molecule has 3 heteroatoms. The lowest BCUT2D eigenvalue weighted by Gasteiger charge is -2.29. The fourth-order valence-corrected chi connectivity index (χ4v) is 10.5. The number of ether oxygens (including phenoxy) is 2. The lowest BCUT2D eigenvalue weighted by atomic mass is 9.83. The highest BCUT2D eigenvalue weighted by Gasteiger charge is 2.43. The number of hydrogen-bond acceptors (Lipinski definition) is 2. The number of fused-ring (bicyclic) bond motifs is 3. The van der Waals surface area contributed by atoms with Gasteiger partial charge in [0.15, 0.2) is 0 Å². The summed E-state index contributed by atoms with van der Waals surface area (Å²) < 4.78 is 13.2. The molecule has 0 unspecified atom stereocenters. The highest BCUT2D eigenvalue weighted by Crippen LogP contribution is 2.45. The van der Waals surface area contributed by atoms with Gasteiger partial charge in [-0.3, -0.25) is 0 Å². The van der Waals surface area contributed by atoms with Crippen LogP contribution in [0, 0.1) is 0 Å². The minimum absolute atomic E-state index is 0.487. The van der Waals surface area contributed by atoms with Crippen molar-refractivity contribution >= 4 is 18.4 Å². The van der Waals surface area contributed by atoms with Gasteiger partial charge in [-0.2, -0.15) is 0 Å². The smallest absolute Gasteiger partial charge is 0.114 e. The average Bonchev–Trinajstić information content (AvgIpc) is 3.32. The Hall–Kier alpha value is -4.54. The zero-order chi connectivity index (χ0) is 30.6. The Morgan fingerprint density at radius 1 is 0.422 bits per heavy atom. The molecule has 0 N–H and O–H groups in total. The molecule has 1 aliphatic rings. The number of hydrogen-bond donors (Lipinski definition) is 0. The van der Waals surface area contributed by atoms with Crippen molar-refractivity contribution in [3.8, 4) is 33.4 Å². The molecule has 45 heavy (non-hydrogen) atoms. The maximum absolute atomic E-state index is 6.63. The van der Waals surface area contributed by atoms with Crippen LogP contribution >= 0.6 is 0 Å². The molecular formula is C42H38O2Si. The molecule has 0 saturated carbocycles. The van der Waals surface area contributed by atoms with Gasteiger partial charge in [0, 0.05) is 0 Å². The molecule has 7 rings (SSSR count). The molecule has 0 atom stereocenters. The van der Waals surface area contributed by atoms with Gasteiger partial charge in [-0.25, -0.2) is 0 Å². The van der Waals surface area contributed by atoms with Gasteiger partial charge in [-0.05, 0) is 66.0 Å². The molecular weight excluding hydrogens is 565 g/mol. The first kappa shape index (κ1) is 29.2. The second-order valence-corrected chi connectivity index (χ2v) is 16.6. The quantitative estimate of drug-likeness (QED) is 0.146. The highest BCUT2D eigenvalue weighted by atomic mass is 28.3. The van der Waals surface area contributed by atoms with E-state index in [-0.39, 0.29) is 0 Å². The van der Waals surface area contributed by atoms with Gasteiger partial charge >= 0.3 is 0 Å². The van der Waals surface area contributed by atoms with Crippen LogP contribution < -0.4 is 10.4 Å². The van der Waals surface area contributed by atoms with E-state index in [2.05, 4.69) is 159 Å². The van der Waals surface area contributed by atoms with E-state index in [1.807, 2.05) is 0 Å². The predicted octanol–water partition coefficient (Wildman–Crippen LogP) is 9.26. The molecule has 6 aromatic rings. The lowest BCUT2D eigenvalue weighted by molar-refractivity contribution is 0.0940. The first-order valence-corrected chi connectivity index (χ1v) is 18.8. The maximum atomic E-state index is 6.63. The molecule has 0 radical (unpaired) electrons. The van der Waals surface area contributed by atoms with Crippen molar-refractivity contribution in [2.75, 3.05) is 0 Å². The maximum Gasteiger partial charge on any atom is 0.114 e. The summed E-state index contributed by atoms with van der Waals surface area (Å²) in [5, 5.41) is 2.99. The molecule has 0 bridgehead atoms. The summed E-state index contributed by atoms with van der Waals surface area (Å²) in [7, 11) is -2.11. The van der Waals surface area contributed by atoms with Crippen molar-refractivity contribution in [1.82, 2.24) is 0 Å². The summed E-state index contributed by atoms with van der Waals surface area (Å²) in [6, 6.07) is 51.9. The Kier molecular flexibility index (Phi) is 8.32. The van der Waals surface area contributed by atoms with E-state index in [0.29, 0.717) is 26.4 Å². The second kappa shape index (κ2) is 12.8. The van der Waals surface area contributed by atoms with E-state index < -0.39 is 8.07 Å². The largest absolute Gasteiger partial charge is 0.372 e. The van der Waals surface area contributed by atoms with E-state index >= 15 is 0 Å². The van der Waals surface area contributed by atoms with E-state index in [9.17, 15) is 0 Å². The lowest BCUT2D eigenvalue weighted by Crippen LogP contribution is -2.50. The molecule has 0 spiro atoms. The third-order valence-electron chi connectivity index (χ3n) is 9.05. The van der Waals surface area contributed by atoms with Crippen molar-refractivity contribution in [3.05, 3.63) is 168 Å². The standard InChI is InChI=1S/C42H38O2Si/c1-45(2)38-26-16-15-25-35(38)41-39(33-21-11-5-12-22-33)36(29-43-27-31-17-7-3-8-18-31)37(30-44-28-32-19-9-4-10-20-32)40(42(41)45)34-23-13-6-14-24-34/h3-26H,27-30H2,1-2H3. The molecule has 222 valence electrons. The van der Waals surface area contributed by atoms with Crippen LogP contribution in [0.2, 0.25) is 13.1 Å². The van der Waals surface area contributed by atoms with Gasteiger partial charge in [0.1, 0.15) is 8.07 Å². The van der Waals surface area contributed by atoms with Crippen molar-refractivity contribution < 1.29 is 9.47 Å². The Bertz CT molecular complexity index is 1900. The zero-order valence-corrected chi connectivity index (χ0v) is 27.0. The summed E-state index contributed by atoms with van der Waals surface area (Å²) in [5.74, 6) is 0. The summed E-state index contributed by atoms with van der Waals surface area (Å²) in [6.07, 6.45) is 0. The predicted molar refractivity (Wildman–Crippen MR) is 189 cm³/mol. The summed E-state index contributed by atoms with van der Waals surface area (Å²) in [5.41, 5.74) is 12.6. The fourth-order valence-electron chi connectivity index (χ4n) is 6.98. The molecule has 2 nitrogen and oxygen atoms in total. The molecule has 0 saturated heterocycles. The average molecular weight is 603 g/mol. The molecule has 0 aromatic heterocycles. The Balaban J connectivity index is 1.49. The fraction of sp³-hybridized carbons (Fsp3) is 0.143. The summed E-state index contributed by atoms with van der Waals surface area (Å²) in [4.78, 5) is 0. The van der Waals surface area contributed by atoms with Crippen LogP contribution in [0.15, 0.2) is 146 Å². The van der Waals surface area contributed by atoms with Gasteiger partial charge in [0.05, 0.1) is 26.4 Å². The third-order valence-corrected chi connectivity index (χ3v) is 12.6. The van der Waals surface area contributed by atoms with Gasteiger partial charge in [-0.1, -0.05) is 159 Å². The SMILES string of the molecule is C[Si]1(C)c2ccccc2-c2c(-c3ccccc3)c(COCc3ccccc3)c(COCc3ccccc3)c(-c3ccccc3)c21. The van der Waals surface area contributed by atoms with Crippen LogP contribution in [0.3, 0.4) is 0 Å². The monoisotopic (exact) mass is 602 g/mol. The van der Waals surface area contributed by atoms with Crippen LogP contribution in [0.1, 0.15) is 22.3 Å². The third kappa shape index (κ3) is 5.71. The van der Waals surface area contributed by atoms with Crippen LogP contribution in [-0.4, -0.2) is 8.07 Å². The Labute approximate surface area is 268 Å². The summed E-state index contributed by atoms with van der Waals surface area (Å²) in [6.45, 7) is 7.11. The van der Waals surface area contributed by atoms with Crippen LogP contribution in [0.4, 0.5) is 0 Å². The normalized spacial score (nSPS) is 12.9. The number of rotatable bonds is 10.